The molecular weight excluding hydrogens is 265 g/mol. The predicted octanol–water partition coefficient (Wildman–Crippen LogP) is 3.81. The maximum atomic E-state index is 13.9. The molecule has 1 fully saturated rings. The molecular formula is C15H19ClFNO. The van der Waals surface area contributed by atoms with E-state index in [1.807, 2.05) is 0 Å². The molecule has 1 amide bonds. The van der Waals surface area contributed by atoms with Gasteiger partial charge in [-0.3, -0.25) is 4.79 Å². The van der Waals surface area contributed by atoms with Crippen molar-refractivity contribution in [3.05, 3.63) is 35.1 Å². The lowest BCUT2D eigenvalue weighted by Gasteiger charge is -2.36. The van der Waals surface area contributed by atoms with Gasteiger partial charge >= 0.3 is 0 Å². The Balaban J connectivity index is 2.17. The third-order valence-corrected chi connectivity index (χ3v) is 4.39. The standard InChI is InChI=1S/C15H19ClFNO/c1-11-6-5-7-12(13(11)17)14(19)18-15(10-16)8-3-2-4-9-15/h5-7H,2-4,8-10H2,1H3,(H,18,19). The molecule has 1 N–H and O–H groups in total. The van der Waals surface area contributed by atoms with Crippen molar-refractivity contribution in [2.45, 2.75) is 44.6 Å². The Kier molecular flexibility index (Phi) is 4.46. The van der Waals surface area contributed by atoms with Gasteiger partial charge in [0, 0.05) is 5.88 Å². The van der Waals surface area contributed by atoms with E-state index in [2.05, 4.69) is 5.32 Å². The minimum absolute atomic E-state index is 0.107. The second-order valence-electron chi connectivity index (χ2n) is 5.37. The van der Waals surface area contributed by atoms with E-state index in [-0.39, 0.29) is 17.0 Å². The van der Waals surface area contributed by atoms with Crippen LogP contribution in [0.4, 0.5) is 4.39 Å². The molecule has 0 radical (unpaired) electrons. The first-order valence-electron chi connectivity index (χ1n) is 6.72. The van der Waals surface area contributed by atoms with Gasteiger partial charge in [0.05, 0.1) is 11.1 Å². The van der Waals surface area contributed by atoms with Gasteiger partial charge in [-0.05, 0) is 31.4 Å². The molecule has 1 aliphatic rings. The number of amides is 1. The molecule has 0 heterocycles. The van der Waals surface area contributed by atoms with Crippen LogP contribution in [0.3, 0.4) is 0 Å². The average Bonchev–Trinajstić information content (AvgIpc) is 2.42. The summed E-state index contributed by atoms with van der Waals surface area (Å²) in [6.07, 6.45) is 5.03. The van der Waals surface area contributed by atoms with Crippen LogP contribution in [0.2, 0.25) is 0 Å². The summed E-state index contributed by atoms with van der Waals surface area (Å²) in [5, 5.41) is 2.96. The molecule has 0 bridgehead atoms. The Morgan fingerprint density at radius 1 is 1.37 bits per heavy atom. The summed E-state index contributed by atoms with van der Waals surface area (Å²) in [6.45, 7) is 1.66. The molecule has 4 heteroatoms. The molecule has 0 saturated heterocycles. The molecule has 0 aromatic heterocycles. The van der Waals surface area contributed by atoms with Gasteiger partial charge in [0.2, 0.25) is 0 Å². The SMILES string of the molecule is Cc1cccc(C(=O)NC2(CCl)CCCCC2)c1F. The second-order valence-corrected chi connectivity index (χ2v) is 5.63. The van der Waals surface area contributed by atoms with Crippen LogP contribution in [-0.2, 0) is 0 Å². The van der Waals surface area contributed by atoms with Crippen molar-refractivity contribution in [1.29, 1.82) is 0 Å². The van der Waals surface area contributed by atoms with Crippen molar-refractivity contribution in [3.8, 4) is 0 Å². The molecule has 0 atom stereocenters. The molecule has 0 spiro atoms. The molecule has 2 nitrogen and oxygen atoms in total. The van der Waals surface area contributed by atoms with Gasteiger partial charge in [0.25, 0.3) is 5.91 Å². The number of hydrogen-bond donors (Lipinski definition) is 1. The number of hydrogen-bond acceptors (Lipinski definition) is 1. The number of nitrogens with one attached hydrogen (secondary N) is 1. The molecule has 104 valence electrons. The first-order valence-corrected chi connectivity index (χ1v) is 7.25. The van der Waals surface area contributed by atoms with Crippen molar-refractivity contribution in [3.63, 3.8) is 0 Å². The maximum Gasteiger partial charge on any atom is 0.254 e. The van der Waals surface area contributed by atoms with E-state index in [0.717, 1.165) is 25.7 Å². The summed E-state index contributed by atoms with van der Waals surface area (Å²) in [5.74, 6) is -0.420. The third-order valence-electron chi connectivity index (χ3n) is 3.88. The second kappa shape index (κ2) is 5.91. The van der Waals surface area contributed by atoms with Crippen molar-refractivity contribution >= 4 is 17.5 Å². The number of carbonyl (C=O) groups excluding carboxylic acids is 1. The van der Waals surface area contributed by atoms with Crippen LogP contribution in [0.15, 0.2) is 18.2 Å². The zero-order valence-corrected chi connectivity index (χ0v) is 11.9. The smallest absolute Gasteiger partial charge is 0.254 e. The Labute approximate surface area is 118 Å². The molecule has 1 aliphatic carbocycles. The van der Waals surface area contributed by atoms with Gasteiger partial charge in [-0.2, -0.15) is 0 Å². The van der Waals surface area contributed by atoms with E-state index < -0.39 is 5.82 Å². The fourth-order valence-electron chi connectivity index (χ4n) is 2.65. The molecule has 2 rings (SSSR count). The largest absolute Gasteiger partial charge is 0.345 e. The van der Waals surface area contributed by atoms with Crippen LogP contribution in [0.25, 0.3) is 0 Å². The highest BCUT2D eigenvalue weighted by Gasteiger charge is 2.33. The van der Waals surface area contributed by atoms with E-state index in [0.29, 0.717) is 11.4 Å². The number of aryl methyl sites for hydroxylation is 1. The monoisotopic (exact) mass is 283 g/mol. The summed E-state index contributed by atoms with van der Waals surface area (Å²) >= 11 is 6.03. The Morgan fingerprint density at radius 3 is 2.68 bits per heavy atom. The van der Waals surface area contributed by atoms with Crippen LogP contribution in [0, 0.1) is 12.7 Å². The van der Waals surface area contributed by atoms with E-state index in [1.165, 1.54) is 12.5 Å². The fraction of sp³-hybridized carbons (Fsp3) is 0.533. The summed E-state index contributed by atoms with van der Waals surface area (Å²) in [7, 11) is 0. The Morgan fingerprint density at radius 2 is 2.05 bits per heavy atom. The molecule has 1 saturated carbocycles. The summed E-state index contributed by atoms with van der Waals surface area (Å²) in [4.78, 5) is 12.2. The van der Waals surface area contributed by atoms with Gasteiger partial charge in [-0.15, -0.1) is 11.6 Å². The minimum atomic E-state index is -0.444. The number of alkyl halides is 1. The first kappa shape index (κ1) is 14.3. The highest BCUT2D eigenvalue weighted by atomic mass is 35.5. The van der Waals surface area contributed by atoms with Crippen LogP contribution in [-0.4, -0.2) is 17.3 Å². The van der Waals surface area contributed by atoms with Crippen molar-refractivity contribution < 1.29 is 9.18 Å². The Bertz CT molecular complexity index is 469. The highest BCUT2D eigenvalue weighted by Crippen LogP contribution is 2.29. The van der Waals surface area contributed by atoms with Crippen molar-refractivity contribution in [1.82, 2.24) is 5.32 Å². The zero-order chi connectivity index (χ0) is 13.9. The lowest BCUT2D eigenvalue weighted by atomic mass is 9.83. The fourth-order valence-corrected chi connectivity index (χ4v) is 2.99. The van der Waals surface area contributed by atoms with Crippen molar-refractivity contribution in [2.75, 3.05) is 5.88 Å². The molecule has 1 aromatic rings. The zero-order valence-electron chi connectivity index (χ0n) is 11.1. The van der Waals surface area contributed by atoms with Crippen LogP contribution < -0.4 is 5.32 Å². The highest BCUT2D eigenvalue weighted by molar-refractivity contribution is 6.19. The number of halogens is 2. The summed E-state index contributed by atoms with van der Waals surface area (Å²) in [5.41, 5.74) is 0.221. The lowest BCUT2D eigenvalue weighted by Crippen LogP contribution is -2.51. The predicted molar refractivity (Wildman–Crippen MR) is 75.1 cm³/mol. The molecule has 0 aliphatic heterocycles. The van der Waals surface area contributed by atoms with Gasteiger partial charge < -0.3 is 5.32 Å². The quantitative estimate of drug-likeness (QED) is 0.840. The van der Waals surface area contributed by atoms with Crippen molar-refractivity contribution in [2.24, 2.45) is 0 Å². The number of carbonyl (C=O) groups is 1. The van der Waals surface area contributed by atoms with E-state index in [4.69, 9.17) is 11.6 Å². The van der Waals surface area contributed by atoms with E-state index in [9.17, 15) is 9.18 Å². The minimum Gasteiger partial charge on any atom is -0.345 e. The third kappa shape index (κ3) is 3.08. The molecule has 19 heavy (non-hydrogen) atoms. The first-order chi connectivity index (χ1) is 9.08. The lowest BCUT2D eigenvalue weighted by molar-refractivity contribution is 0.0880. The van der Waals surface area contributed by atoms with Gasteiger partial charge in [-0.1, -0.05) is 31.4 Å². The molecule has 1 aromatic carbocycles. The van der Waals surface area contributed by atoms with Gasteiger partial charge in [-0.25, -0.2) is 4.39 Å². The van der Waals surface area contributed by atoms with Crippen LogP contribution >= 0.6 is 11.6 Å². The topological polar surface area (TPSA) is 29.1 Å². The van der Waals surface area contributed by atoms with Crippen LogP contribution in [0.5, 0.6) is 0 Å². The average molecular weight is 284 g/mol. The maximum absolute atomic E-state index is 13.9. The summed E-state index contributed by atoms with van der Waals surface area (Å²) in [6, 6.07) is 4.87. The van der Waals surface area contributed by atoms with Gasteiger partial charge in [0.1, 0.15) is 5.82 Å². The number of benzene rings is 1. The van der Waals surface area contributed by atoms with Gasteiger partial charge in [0.15, 0.2) is 0 Å². The van der Waals surface area contributed by atoms with E-state index >= 15 is 0 Å². The summed E-state index contributed by atoms with van der Waals surface area (Å²) < 4.78 is 13.9. The molecule has 0 unspecified atom stereocenters. The van der Waals surface area contributed by atoms with Crippen LogP contribution in [0.1, 0.15) is 48.0 Å². The van der Waals surface area contributed by atoms with E-state index in [1.54, 1.807) is 19.1 Å². The number of rotatable bonds is 3. The normalized spacial score (nSPS) is 18.1. The Hall–Kier alpha value is -1.09.